The van der Waals surface area contributed by atoms with Crippen LogP contribution in [0.4, 0.5) is 0 Å². The summed E-state index contributed by atoms with van der Waals surface area (Å²) in [6, 6.07) is 2.13. The highest BCUT2D eigenvalue weighted by atomic mass is 15.4. The molecule has 0 aliphatic heterocycles. The van der Waals surface area contributed by atoms with Gasteiger partial charge in [0.15, 0.2) is 0 Å². The first-order valence-corrected chi connectivity index (χ1v) is 4.66. The minimum Gasteiger partial charge on any atom is -0.249 e. The average molecular weight is 176 g/mol. The molecule has 1 fully saturated rings. The summed E-state index contributed by atoms with van der Waals surface area (Å²) in [5.41, 5.74) is 2.08. The third-order valence-corrected chi connectivity index (χ3v) is 2.36. The Kier molecular flexibility index (Phi) is 2.01. The van der Waals surface area contributed by atoms with Crippen LogP contribution in [0.5, 0.6) is 0 Å². The van der Waals surface area contributed by atoms with Crippen LogP contribution in [0.2, 0.25) is 0 Å². The van der Waals surface area contributed by atoms with Gasteiger partial charge in [0.2, 0.25) is 0 Å². The first kappa shape index (κ1) is 8.24. The van der Waals surface area contributed by atoms with Crippen molar-refractivity contribution >= 4 is 0 Å². The van der Waals surface area contributed by atoms with E-state index in [-0.39, 0.29) is 0 Å². The van der Waals surface area contributed by atoms with Crippen LogP contribution in [0.25, 0.3) is 0 Å². The summed E-state index contributed by atoms with van der Waals surface area (Å²) >= 11 is 0. The summed E-state index contributed by atoms with van der Waals surface area (Å²) in [7, 11) is 0. The van der Waals surface area contributed by atoms with Crippen LogP contribution in [-0.4, -0.2) is 15.0 Å². The van der Waals surface area contributed by atoms with Crippen molar-refractivity contribution < 1.29 is 0 Å². The number of aryl methyl sites for hydroxylation is 1. The van der Waals surface area contributed by atoms with E-state index in [2.05, 4.69) is 23.3 Å². The molecule has 0 amide bonds. The Morgan fingerprint density at radius 3 is 2.92 bits per heavy atom. The fourth-order valence-electron chi connectivity index (χ4n) is 1.59. The number of hydrogen-bond donors (Lipinski definition) is 0. The molecular weight excluding hydrogens is 164 g/mol. The minimum atomic E-state index is 0.395. The molecule has 13 heavy (non-hydrogen) atoms. The van der Waals surface area contributed by atoms with Crippen LogP contribution >= 0.6 is 0 Å². The normalized spacial score (nSPS) is 15.7. The van der Waals surface area contributed by atoms with Crippen LogP contribution in [0, 0.1) is 11.3 Å². The Morgan fingerprint density at radius 1 is 1.62 bits per heavy atom. The molecule has 2 rings (SSSR count). The van der Waals surface area contributed by atoms with Crippen molar-refractivity contribution in [2.24, 2.45) is 0 Å². The van der Waals surface area contributed by atoms with Crippen molar-refractivity contribution in [3.05, 3.63) is 11.4 Å². The van der Waals surface area contributed by atoms with Crippen molar-refractivity contribution in [3.63, 3.8) is 0 Å². The van der Waals surface area contributed by atoms with E-state index in [1.807, 2.05) is 4.68 Å². The molecule has 0 unspecified atom stereocenters. The van der Waals surface area contributed by atoms with Gasteiger partial charge < -0.3 is 0 Å². The SMILES string of the molecule is CCn1nnc(CC#N)c1C1CC1. The summed E-state index contributed by atoms with van der Waals surface area (Å²) < 4.78 is 1.92. The summed E-state index contributed by atoms with van der Waals surface area (Å²) in [4.78, 5) is 0. The Bertz CT molecular complexity index is 343. The van der Waals surface area contributed by atoms with Gasteiger partial charge in [-0.1, -0.05) is 5.21 Å². The van der Waals surface area contributed by atoms with Crippen molar-refractivity contribution in [1.29, 1.82) is 5.26 Å². The van der Waals surface area contributed by atoms with Gasteiger partial charge in [-0.05, 0) is 19.8 Å². The van der Waals surface area contributed by atoms with Gasteiger partial charge in [-0.15, -0.1) is 5.10 Å². The zero-order valence-corrected chi connectivity index (χ0v) is 7.69. The smallest absolute Gasteiger partial charge is 0.100 e. The van der Waals surface area contributed by atoms with Crippen molar-refractivity contribution in [2.75, 3.05) is 0 Å². The van der Waals surface area contributed by atoms with Crippen LogP contribution < -0.4 is 0 Å². The lowest BCUT2D eigenvalue weighted by Gasteiger charge is -2.01. The molecule has 1 aromatic heterocycles. The molecule has 4 nitrogen and oxygen atoms in total. The highest BCUT2D eigenvalue weighted by Gasteiger charge is 2.30. The van der Waals surface area contributed by atoms with E-state index in [4.69, 9.17) is 5.26 Å². The van der Waals surface area contributed by atoms with Crippen molar-refractivity contribution in [2.45, 2.75) is 38.6 Å². The third-order valence-electron chi connectivity index (χ3n) is 2.36. The lowest BCUT2D eigenvalue weighted by molar-refractivity contribution is 0.598. The number of nitriles is 1. The van der Waals surface area contributed by atoms with Gasteiger partial charge in [-0.25, -0.2) is 4.68 Å². The summed E-state index contributed by atoms with van der Waals surface area (Å²) in [6.07, 6.45) is 2.85. The molecule has 0 atom stereocenters. The van der Waals surface area contributed by atoms with E-state index in [0.717, 1.165) is 12.2 Å². The monoisotopic (exact) mass is 176 g/mol. The summed E-state index contributed by atoms with van der Waals surface area (Å²) in [5, 5.41) is 16.7. The van der Waals surface area contributed by atoms with Gasteiger partial charge in [0.1, 0.15) is 5.69 Å². The summed E-state index contributed by atoms with van der Waals surface area (Å²) in [6.45, 7) is 2.90. The zero-order chi connectivity index (χ0) is 9.26. The number of hydrogen-bond acceptors (Lipinski definition) is 3. The lowest BCUT2D eigenvalue weighted by Crippen LogP contribution is -2.02. The molecule has 0 spiro atoms. The van der Waals surface area contributed by atoms with E-state index in [0.29, 0.717) is 12.3 Å². The maximum atomic E-state index is 8.60. The highest BCUT2D eigenvalue weighted by molar-refractivity contribution is 5.22. The molecular formula is C9H12N4. The lowest BCUT2D eigenvalue weighted by atomic mass is 10.2. The Morgan fingerprint density at radius 2 is 2.38 bits per heavy atom. The molecule has 1 aromatic rings. The van der Waals surface area contributed by atoms with Gasteiger partial charge in [0.05, 0.1) is 18.2 Å². The predicted octanol–water partition coefficient (Wildman–Crippen LogP) is 1.24. The van der Waals surface area contributed by atoms with E-state index < -0.39 is 0 Å². The molecule has 68 valence electrons. The van der Waals surface area contributed by atoms with Crippen LogP contribution in [-0.2, 0) is 13.0 Å². The quantitative estimate of drug-likeness (QED) is 0.696. The number of rotatable bonds is 3. The van der Waals surface area contributed by atoms with E-state index in [9.17, 15) is 0 Å². The van der Waals surface area contributed by atoms with Gasteiger partial charge in [-0.2, -0.15) is 5.26 Å². The molecule has 0 radical (unpaired) electrons. The number of nitrogens with zero attached hydrogens (tertiary/aromatic N) is 4. The van der Waals surface area contributed by atoms with Crippen LogP contribution in [0.1, 0.15) is 37.1 Å². The van der Waals surface area contributed by atoms with E-state index >= 15 is 0 Å². The van der Waals surface area contributed by atoms with Gasteiger partial charge in [-0.3, -0.25) is 0 Å². The maximum absolute atomic E-state index is 8.60. The van der Waals surface area contributed by atoms with Crippen molar-refractivity contribution in [1.82, 2.24) is 15.0 Å². The standard InChI is InChI=1S/C9H12N4/c1-2-13-9(7-3-4-7)8(5-6-10)11-12-13/h7H,2-5H2,1H3. The van der Waals surface area contributed by atoms with Crippen LogP contribution in [0.15, 0.2) is 0 Å². The second-order valence-corrected chi connectivity index (χ2v) is 3.35. The molecule has 0 bridgehead atoms. The molecule has 1 heterocycles. The second kappa shape index (κ2) is 3.17. The second-order valence-electron chi connectivity index (χ2n) is 3.35. The first-order valence-electron chi connectivity index (χ1n) is 4.66. The van der Waals surface area contributed by atoms with E-state index in [1.54, 1.807) is 0 Å². The van der Waals surface area contributed by atoms with Gasteiger partial charge >= 0.3 is 0 Å². The fraction of sp³-hybridized carbons (Fsp3) is 0.667. The molecule has 0 N–H and O–H groups in total. The van der Waals surface area contributed by atoms with Crippen LogP contribution in [0.3, 0.4) is 0 Å². The summed E-state index contributed by atoms with van der Waals surface area (Å²) in [5.74, 6) is 0.623. The highest BCUT2D eigenvalue weighted by Crippen LogP contribution is 2.41. The largest absolute Gasteiger partial charge is 0.249 e. The van der Waals surface area contributed by atoms with Crippen molar-refractivity contribution in [3.8, 4) is 6.07 Å². The van der Waals surface area contributed by atoms with Gasteiger partial charge in [0.25, 0.3) is 0 Å². The zero-order valence-electron chi connectivity index (χ0n) is 7.69. The van der Waals surface area contributed by atoms with E-state index in [1.165, 1.54) is 18.5 Å². The maximum Gasteiger partial charge on any atom is 0.100 e. The predicted molar refractivity (Wildman–Crippen MR) is 47.0 cm³/mol. The number of aromatic nitrogens is 3. The molecule has 0 aromatic carbocycles. The first-order chi connectivity index (χ1) is 6.36. The minimum absolute atomic E-state index is 0.395. The van der Waals surface area contributed by atoms with Gasteiger partial charge in [0, 0.05) is 12.5 Å². The third kappa shape index (κ3) is 1.42. The topological polar surface area (TPSA) is 54.5 Å². The molecule has 1 aliphatic carbocycles. The molecule has 1 aliphatic rings. The Balaban J connectivity index is 2.34. The molecule has 4 heteroatoms. The fourth-order valence-corrected chi connectivity index (χ4v) is 1.59. The Hall–Kier alpha value is -1.37. The Labute approximate surface area is 77.2 Å². The average Bonchev–Trinajstić information content (AvgIpc) is 2.89. The molecule has 1 saturated carbocycles. The molecule has 0 saturated heterocycles.